The number of rotatable bonds is 2. The number of nitrogens with zero attached hydrogens (tertiary/aromatic N) is 3. The van der Waals surface area contributed by atoms with Gasteiger partial charge in [0, 0.05) is 41.4 Å². The Morgan fingerprint density at radius 2 is 2.10 bits per heavy atom. The lowest BCUT2D eigenvalue weighted by Crippen LogP contribution is -2.37. The van der Waals surface area contributed by atoms with Gasteiger partial charge in [0.15, 0.2) is 5.84 Å². The maximum Gasteiger partial charge on any atom is 0.172 e. The maximum absolute atomic E-state index is 8.99. The van der Waals surface area contributed by atoms with Crippen molar-refractivity contribution >= 4 is 23.1 Å². The summed E-state index contributed by atoms with van der Waals surface area (Å²) in [5.41, 5.74) is 7.51. The molecule has 21 heavy (non-hydrogen) atoms. The predicted molar refractivity (Wildman–Crippen MR) is 85.4 cm³/mol. The van der Waals surface area contributed by atoms with Crippen LogP contribution in [0.4, 0.5) is 5.69 Å². The van der Waals surface area contributed by atoms with Crippen molar-refractivity contribution in [2.75, 3.05) is 25.0 Å². The molecule has 0 saturated carbocycles. The maximum atomic E-state index is 8.99. The number of anilines is 1. The van der Waals surface area contributed by atoms with Gasteiger partial charge in [-0.2, -0.15) is 0 Å². The van der Waals surface area contributed by atoms with Gasteiger partial charge in [0.1, 0.15) is 0 Å². The molecule has 2 atom stereocenters. The van der Waals surface area contributed by atoms with Crippen molar-refractivity contribution in [3.63, 3.8) is 0 Å². The van der Waals surface area contributed by atoms with E-state index in [0.29, 0.717) is 17.1 Å². The van der Waals surface area contributed by atoms with E-state index in [0.717, 1.165) is 30.8 Å². The summed E-state index contributed by atoms with van der Waals surface area (Å²) in [6, 6.07) is 6.74. The summed E-state index contributed by atoms with van der Waals surface area (Å²) in [6.45, 7) is 1.93. The fraction of sp³-hybridized carbons (Fsp3) is 0.533. The van der Waals surface area contributed by atoms with Crippen LogP contribution >= 0.6 is 11.6 Å². The van der Waals surface area contributed by atoms with E-state index in [1.54, 1.807) is 6.07 Å². The SMILES string of the molecule is CN1C2CCC1CN(c1cc(Cl)ccc1C(N)=NO)CC2. The van der Waals surface area contributed by atoms with Crippen molar-refractivity contribution in [1.82, 2.24) is 4.90 Å². The minimum absolute atomic E-state index is 0.129. The first-order valence-corrected chi connectivity index (χ1v) is 7.72. The Hall–Kier alpha value is -1.46. The van der Waals surface area contributed by atoms with E-state index in [1.807, 2.05) is 12.1 Å². The Kier molecular flexibility index (Phi) is 3.95. The molecule has 3 N–H and O–H groups in total. The van der Waals surface area contributed by atoms with Gasteiger partial charge in [0.05, 0.1) is 0 Å². The Bertz CT molecular complexity index is 563. The fourth-order valence-electron chi connectivity index (χ4n) is 3.56. The minimum atomic E-state index is 0.129. The third-order valence-corrected chi connectivity index (χ3v) is 5.07. The molecule has 2 unspecified atom stereocenters. The summed E-state index contributed by atoms with van der Waals surface area (Å²) < 4.78 is 0. The van der Waals surface area contributed by atoms with Gasteiger partial charge in [0.2, 0.25) is 0 Å². The quantitative estimate of drug-likeness (QED) is 0.380. The molecule has 0 amide bonds. The molecule has 0 aliphatic carbocycles. The summed E-state index contributed by atoms with van der Waals surface area (Å²) >= 11 is 6.15. The minimum Gasteiger partial charge on any atom is -0.409 e. The second-order valence-corrected chi connectivity index (χ2v) is 6.37. The van der Waals surface area contributed by atoms with Crippen LogP contribution in [0.15, 0.2) is 23.4 Å². The standard InChI is InChI=1S/C15H21ClN4O/c1-19-11-3-4-12(19)9-20(7-6-11)14-8-10(16)2-5-13(14)15(17)18-21/h2,5,8,11-12,21H,3-4,6-7,9H2,1H3,(H2,17,18). The van der Waals surface area contributed by atoms with Gasteiger partial charge in [-0.05, 0) is 44.5 Å². The van der Waals surface area contributed by atoms with Gasteiger partial charge < -0.3 is 15.8 Å². The fourth-order valence-corrected chi connectivity index (χ4v) is 3.73. The largest absolute Gasteiger partial charge is 0.409 e. The molecular weight excluding hydrogens is 288 g/mol. The number of amidine groups is 1. The van der Waals surface area contributed by atoms with Crippen molar-refractivity contribution in [2.24, 2.45) is 10.9 Å². The Labute approximate surface area is 130 Å². The number of halogens is 1. The number of likely N-dealkylation sites (N-methyl/N-ethyl adjacent to an activating group) is 1. The van der Waals surface area contributed by atoms with Gasteiger partial charge >= 0.3 is 0 Å². The average Bonchev–Trinajstić information content (AvgIpc) is 2.71. The average molecular weight is 309 g/mol. The van der Waals surface area contributed by atoms with Gasteiger partial charge in [0.25, 0.3) is 0 Å². The van der Waals surface area contributed by atoms with Crippen LogP contribution in [0.25, 0.3) is 0 Å². The summed E-state index contributed by atoms with van der Waals surface area (Å²) in [6.07, 6.45) is 3.66. The zero-order chi connectivity index (χ0) is 15.0. The molecule has 0 spiro atoms. The van der Waals surface area contributed by atoms with Crippen LogP contribution in [0.3, 0.4) is 0 Å². The molecule has 5 nitrogen and oxygen atoms in total. The van der Waals surface area contributed by atoms with E-state index >= 15 is 0 Å². The molecule has 3 rings (SSSR count). The van der Waals surface area contributed by atoms with Crippen LogP contribution in [0.5, 0.6) is 0 Å². The number of oxime groups is 1. The summed E-state index contributed by atoms with van der Waals surface area (Å²) in [5.74, 6) is 0.129. The number of benzene rings is 1. The molecule has 2 aliphatic rings. The third-order valence-electron chi connectivity index (χ3n) is 4.83. The van der Waals surface area contributed by atoms with E-state index in [2.05, 4.69) is 22.0 Å². The smallest absolute Gasteiger partial charge is 0.172 e. The molecule has 114 valence electrons. The molecular formula is C15H21ClN4O. The zero-order valence-electron chi connectivity index (χ0n) is 12.2. The van der Waals surface area contributed by atoms with Crippen LogP contribution in [0, 0.1) is 0 Å². The molecule has 0 radical (unpaired) electrons. The molecule has 2 saturated heterocycles. The second-order valence-electron chi connectivity index (χ2n) is 5.93. The highest BCUT2D eigenvalue weighted by Gasteiger charge is 2.35. The number of fused-ring (bicyclic) bond motifs is 2. The van der Waals surface area contributed by atoms with Crippen molar-refractivity contribution in [3.8, 4) is 0 Å². The summed E-state index contributed by atoms with van der Waals surface area (Å²) in [4.78, 5) is 4.81. The van der Waals surface area contributed by atoms with Crippen LogP contribution in [-0.2, 0) is 0 Å². The van der Waals surface area contributed by atoms with E-state index < -0.39 is 0 Å². The first-order valence-electron chi connectivity index (χ1n) is 7.34. The van der Waals surface area contributed by atoms with E-state index in [1.165, 1.54) is 12.8 Å². The van der Waals surface area contributed by atoms with Crippen molar-refractivity contribution < 1.29 is 5.21 Å². The molecule has 1 aromatic carbocycles. The number of hydrogen-bond acceptors (Lipinski definition) is 4. The molecule has 2 heterocycles. The van der Waals surface area contributed by atoms with E-state index in [9.17, 15) is 0 Å². The van der Waals surface area contributed by atoms with E-state index in [-0.39, 0.29) is 5.84 Å². The Morgan fingerprint density at radius 1 is 1.33 bits per heavy atom. The highest BCUT2D eigenvalue weighted by atomic mass is 35.5. The first-order chi connectivity index (χ1) is 10.1. The van der Waals surface area contributed by atoms with Gasteiger partial charge in [-0.15, -0.1) is 0 Å². The van der Waals surface area contributed by atoms with Crippen LogP contribution in [0.1, 0.15) is 24.8 Å². The lowest BCUT2D eigenvalue weighted by Gasteiger charge is -2.29. The van der Waals surface area contributed by atoms with Crippen LogP contribution in [0.2, 0.25) is 5.02 Å². The molecule has 2 bridgehead atoms. The van der Waals surface area contributed by atoms with Crippen molar-refractivity contribution in [2.45, 2.75) is 31.3 Å². The molecule has 2 aliphatic heterocycles. The topological polar surface area (TPSA) is 65.1 Å². The number of nitrogens with two attached hydrogens (primary N) is 1. The van der Waals surface area contributed by atoms with Crippen molar-refractivity contribution in [1.29, 1.82) is 0 Å². The Balaban J connectivity index is 1.94. The lowest BCUT2D eigenvalue weighted by atomic mass is 10.1. The summed E-state index contributed by atoms with van der Waals surface area (Å²) in [7, 11) is 2.22. The van der Waals surface area contributed by atoms with Gasteiger partial charge in [-0.1, -0.05) is 16.8 Å². The zero-order valence-corrected chi connectivity index (χ0v) is 12.9. The van der Waals surface area contributed by atoms with Crippen molar-refractivity contribution in [3.05, 3.63) is 28.8 Å². The molecule has 6 heteroatoms. The lowest BCUT2D eigenvalue weighted by molar-refractivity contribution is 0.254. The predicted octanol–water partition coefficient (Wildman–Crippen LogP) is 2.11. The second kappa shape index (κ2) is 5.73. The van der Waals surface area contributed by atoms with E-state index in [4.69, 9.17) is 22.5 Å². The molecule has 0 aromatic heterocycles. The first kappa shape index (κ1) is 14.5. The van der Waals surface area contributed by atoms with Gasteiger partial charge in [-0.3, -0.25) is 4.90 Å². The molecule has 2 fully saturated rings. The summed E-state index contributed by atoms with van der Waals surface area (Å²) in [5, 5.41) is 12.8. The Morgan fingerprint density at radius 3 is 2.86 bits per heavy atom. The third kappa shape index (κ3) is 2.68. The van der Waals surface area contributed by atoms with Crippen LogP contribution in [-0.4, -0.2) is 48.2 Å². The monoisotopic (exact) mass is 308 g/mol. The normalized spacial score (nSPS) is 27.0. The highest BCUT2D eigenvalue weighted by molar-refractivity contribution is 6.31. The van der Waals surface area contributed by atoms with Crippen LogP contribution < -0.4 is 10.6 Å². The number of hydrogen-bond donors (Lipinski definition) is 2. The highest BCUT2D eigenvalue weighted by Crippen LogP contribution is 2.33. The van der Waals surface area contributed by atoms with Gasteiger partial charge in [-0.25, -0.2) is 0 Å². The molecule has 1 aromatic rings.